The number of nitrogens with one attached hydrogen (secondary N) is 1. The molecule has 8 heteroatoms. The van der Waals surface area contributed by atoms with Gasteiger partial charge in [-0.3, -0.25) is 9.69 Å². The molecule has 1 aromatic heterocycles. The van der Waals surface area contributed by atoms with E-state index in [0.717, 1.165) is 4.90 Å². The number of likely N-dealkylation sites (tertiary alicyclic amines) is 1. The van der Waals surface area contributed by atoms with Crippen LogP contribution in [0.4, 0.5) is 9.18 Å². The second-order valence-corrected chi connectivity index (χ2v) is 5.27. The standard InChI is InChI=1S/C12H13BrFN3O3/c13-10-3-1-2-8(16-10)5-15-11(18)9-4-7(14)6-17(9)12(19)20/h1-3,7,9H,4-6H2,(H,15,18)(H,19,20)/t7-,9+/m1/s1. The van der Waals surface area contributed by atoms with Crippen LogP contribution in [0, 0.1) is 0 Å². The van der Waals surface area contributed by atoms with E-state index in [2.05, 4.69) is 26.2 Å². The van der Waals surface area contributed by atoms with Gasteiger partial charge in [-0.15, -0.1) is 0 Å². The van der Waals surface area contributed by atoms with Crippen LogP contribution in [-0.2, 0) is 11.3 Å². The minimum absolute atomic E-state index is 0.107. The molecule has 0 radical (unpaired) electrons. The van der Waals surface area contributed by atoms with Crippen molar-refractivity contribution in [3.8, 4) is 0 Å². The van der Waals surface area contributed by atoms with Crippen LogP contribution in [0.15, 0.2) is 22.8 Å². The molecule has 1 saturated heterocycles. The van der Waals surface area contributed by atoms with E-state index in [-0.39, 0.29) is 19.5 Å². The molecule has 2 atom stereocenters. The number of hydrogen-bond acceptors (Lipinski definition) is 3. The zero-order valence-electron chi connectivity index (χ0n) is 10.4. The average molecular weight is 346 g/mol. The third kappa shape index (κ3) is 3.44. The highest BCUT2D eigenvalue weighted by atomic mass is 79.9. The van der Waals surface area contributed by atoms with Gasteiger partial charge in [0.1, 0.15) is 16.8 Å². The fourth-order valence-corrected chi connectivity index (χ4v) is 2.47. The molecule has 6 nitrogen and oxygen atoms in total. The van der Waals surface area contributed by atoms with Crippen LogP contribution >= 0.6 is 15.9 Å². The van der Waals surface area contributed by atoms with Crippen LogP contribution in [0.5, 0.6) is 0 Å². The Bertz CT molecular complexity index is 528. The summed E-state index contributed by atoms with van der Waals surface area (Å²) < 4.78 is 13.9. The lowest BCUT2D eigenvalue weighted by molar-refractivity contribution is -0.125. The van der Waals surface area contributed by atoms with E-state index in [4.69, 9.17) is 5.11 Å². The van der Waals surface area contributed by atoms with E-state index in [1.54, 1.807) is 18.2 Å². The highest BCUT2D eigenvalue weighted by Crippen LogP contribution is 2.20. The van der Waals surface area contributed by atoms with Crippen LogP contribution in [0.2, 0.25) is 0 Å². The lowest BCUT2D eigenvalue weighted by Crippen LogP contribution is -2.45. The lowest BCUT2D eigenvalue weighted by Gasteiger charge is -2.20. The molecule has 1 fully saturated rings. The molecular formula is C12H13BrFN3O3. The Morgan fingerprint density at radius 1 is 1.55 bits per heavy atom. The summed E-state index contributed by atoms with van der Waals surface area (Å²) in [5.41, 5.74) is 0.629. The number of nitrogens with zero attached hydrogens (tertiary/aromatic N) is 2. The van der Waals surface area contributed by atoms with Gasteiger partial charge in [-0.25, -0.2) is 14.2 Å². The van der Waals surface area contributed by atoms with Crippen LogP contribution in [0.25, 0.3) is 0 Å². The maximum Gasteiger partial charge on any atom is 0.408 e. The Balaban J connectivity index is 1.96. The predicted molar refractivity (Wildman–Crippen MR) is 71.8 cm³/mol. The fraction of sp³-hybridized carbons (Fsp3) is 0.417. The number of carbonyl (C=O) groups is 2. The molecular weight excluding hydrogens is 333 g/mol. The molecule has 0 saturated carbocycles. The number of amides is 2. The van der Waals surface area contributed by atoms with Gasteiger partial charge in [0.2, 0.25) is 5.91 Å². The first-order valence-electron chi connectivity index (χ1n) is 6.00. The molecule has 1 aliphatic heterocycles. The van der Waals surface area contributed by atoms with Gasteiger partial charge in [-0.2, -0.15) is 0 Å². The third-order valence-electron chi connectivity index (χ3n) is 3.01. The predicted octanol–water partition coefficient (Wildman–Crippen LogP) is 1.55. The minimum atomic E-state index is -1.30. The summed E-state index contributed by atoms with van der Waals surface area (Å²) in [5, 5.41) is 11.5. The van der Waals surface area contributed by atoms with E-state index < -0.39 is 24.2 Å². The van der Waals surface area contributed by atoms with Crippen LogP contribution < -0.4 is 5.32 Å². The highest BCUT2D eigenvalue weighted by Gasteiger charge is 2.39. The van der Waals surface area contributed by atoms with Gasteiger partial charge in [0, 0.05) is 6.42 Å². The zero-order chi connectivity index (χ0) is 14.7. The van der Waals surface area contributed by atoms with Crippen LogP contribution in [0.1, 0.15) is 12.1 Å². The van der Waals surface area contributed by atoms with Gasteiger partial charge < -0.3 is 10.4 Å². The van der Waals surface area contributed by atoms with E-state index in [1.165, 1.54) is 0 Å². The Morgan fingerprint density at radius 3 is 2.95 bits per heavy atom. The van der Waals surface area contributed by atoms with E-state index >= 15 is 0 Å². The molecule has 0 unspecified atom stereocenters. The van der Waals surface area contributed by atoms with Gasteiger partial charge in [0.05, 0.1) is 18.8 Å². The van der Waals surface area contributed by atoms with E-state index in [9.17, 15) is 14.0 Å². The van der Waals surface area contributed by atoms with Gasteiger partial charge in [-0.05, 0) is 28.1 Å². The fourth-order valence-electron chi connectivity index (χ4n) is 2.09. The van der Waals surface area contributed by atoms with Crippen LogP contribution in [-0.4, -0.2) is 45.7 Å². The van der Waals surface area contributed by atoms with Gasteiger partial charge in [-0.1, -0.05) is 6.07 Å². The number of rotatable bonds is 3. The number of halogens is 2. The smallest absolute Gasteiger partial charge is 0.408 e. The topological polar surface area (TPSA) is 82.5 Å². The maximum atomic E-state index is 13.3. The zero-order valence-corrected chi connectivity index (χ0v) is 12.0. The quantitative estimate of drug-likeness (QED) is 0.814. The average Bonchev–Trinajstić information content (AvgIpc) is 2.78. The summed E-state index contributed by atoms with van der Waals surface area (Å²) in [6, 6.07) is 4.28. The molecule has 108 valence electrons. The number of hydrogen-bond donors (Lipinski definition) is 2. The Hall–Kier alpha value is -1.70. The molecule has 2 rings (SSSR count). The molecule has 2 heterocycles. The lowest BCUT2D eigenvalue weighted by atomic mass is 10.2. The number of aromatic nitrogens is 1. The molecule has 2 N–H and O–H groups in total. The summed E-state index contributed by atoms with van der Waals surface area (Å²) in [6.07, 6.45) is -2.69. The maximum absolute atomic E-state index is 13.3. The minimum Gasteiger partial charge on any atom is -0.465 e. The van der Waals surface area contributed by atoms with Gasteiger partial charge in [0.25, 0.3) is 0 Å². The van der Waals surface area contributed by atoms with E-state index in [1.807, 2.05) is 0 Å². The van der Waals surface area contributed by atoms with Crippen molar-refractivity contribution in [1.82, 2.24) is 15.2 Å². The summed E-state index contributed by atoms with van der Waals surface area (Å²) >= 11 is 3.21. The Labute approximate surface area is 123 Å². The second kappa shape index (κ2) is 6.17. The summed E-state index contributed by atoms with van der Waals surface area (Å²) in [6.45, 7) is -0.0955. The molecule has 0 aliphatic carbocycles. The van der Waals surface area contributed by atoms with Crippen molar-refractivity contribution in [2.24, 2.45) is 0 Å². The Kier molecular flexibility index (Phi) is 4.53. The SMILES string of the molecule is O=C(NCc1cccc(Br)n1)[C@@H]1C[C@@H](F)CN1C(=O)O. The second-order valence-electron chi connectivity index (χ2n) is 4.45. The van der Waals surface area contributed by atoms with Crippen LogP contribution in [0.3, 0.4) is 0 Å². The van der Waals surface area contributed by atoms with Gasteiger partial charge in [0.15, 0.2) is 0 Å². The molecule has 2 amide bonds. The van der Waals surface area contributed by atoms with Crippen molar-refractivity contribution in [2.75, 3.05) is 6.54 Å². The first kappa shape index (κ1) is 14.7. The number of carboxylic acid groups (broad SMARTS) is 1. The molecule has 0 spiro atoms. The molecule has 1 aliphatic rings. The number of alkyl halides is 1. The normalized spacial score (nSPS) is 21.8. The van der Waals surface area contributed by atoms with Crippen molar-refractivity contribution in [3.05, 3.63) is 28.5 Å². The Morgan fingerprint density at radius 2 is 2.30 bits per heavy atom. The van der Waals surface area contributed by atoms with Crippen molar-refractivity contribution in [2.45, 2.75) is 25.2 Å². The van der Waals surface area contributed by atoms with Gasteiger partial charge >= 0.3 is 6.09 Å². The summed E-state index contributed by atoms with van der Waals surface area (Å²) in [7, 11) is 0. The molecule has 0 bridgehead atoms. The summed E-state index contributed by atoms with van der Waals surface area (Å²) in [5.74, 6) is -0.505. The third-order valence-corrected chi connectivity index (χ3v) is 3.46. The number of pyridine rings is 1. The summed E-state index contributed by atoms with van der Waals surface area (Å²) in [4.78, 5) is 27.8. The monoisotopic (exact) mass is 345 g/mol. The first-order valence-corrected chi connectivity index (χ1v) is 6.79. The van der Waals surface area contributed by atoms with Crippen molar-refractivity contribution in [1.29, 1.82) is 0 Å². The first-order chi connectivity index (χ1) is 9.47. The van der Waals surface area contributed by atoms with Crippen molar-refractivity contribution in [3.63, 3.8) is 0 Å². The van der Waals surface area contributed by atoms with Crippen molar-refractivity contribution < 1.29 is 19.1 Å². The molecule has 0 aromatic carbocycles. The molecule has 20 heavy (non-hydrogen) atoms. The highest BCUT2D eigenvalue weighted by molar-refractivity contribution is 9.10. The number of carbonyl (C=O) groups excluding carboxylic acids is 1. The van der Waals surface area contributed by atoms with Crippen molar-refractivity contribution >= 4 is 27.9 Å². The largest absolute Gasteiger partial charge is 0.465 e. The molecule has 1 aromatic rings. The van der Waals surface area contributed by atoms with E-state index in [0.29, 0.717) is 10.3 Å².